The molecule has 32 heavy (non-hydrogen) atoms. The average Bonchev–Trinajstić information content (AvgIpc) is 3.31. The molecule has 3 fully saturated rings. The van der Waals surface area contributed by atoms with Crippen molar-refractivity contribution in [1.82, 2.24) is 9.47 Å². The van der Waals surface area contributed by atoms with Gasteiger partial charge in [0.1, 0.15) is 0 Å². The number of carbonyl (C=O) groups excluding carboxylic acids is 2. The molecule has 1 amide bonds. The first-order valence-electron chi connectivity index (χ1n) is 12.8. The van der Waals surface area contributed by atoms with Crippen LogP contribution in [0, 0.1) is 0 Å². The molecule has 3 aliphatic rings. The molecule has 2 aromatic rings. The first kappa shape index (κ1) is 21.7. The van der Waals surface area contributed by atoms with Gasteiger partial charge in [0.2, 0.25) is 0 Å². The van der Waals surface area contributed by atoms with E-state index in [1.54, 1.807) is 0 Å². The Bertz CT molecular complexity index is 956. The Morgan fingerprint density at radius 3 is 1.97 bits per heavy atom. The Morgan fingerprint density at radius 2 is 1.34 bits per heavy atom. The van der Waals surface area contributed by atoms with Gasteiger partial charge in [-0.05, 0) is 44.6 Å². The topological polar surface area (TPSA) is 68.3 Å². The summed E-state index contributed by atoms with van der Waals surface area (Å²) >= 11 is 0. The highest BCUT2D eigenvalue weighted by atomic mass is 16.2. The number of nitrogens with zero attached hydrogens (tertiary/aromatic N) is 2. The molecule has 3 atom stereocenters. The number of Topliss-reactive ketones (excluding diaryl/α,β-unsaturated/α-hetero) is 1. The lowest BCUT2D eigenvalue weighted by Gasteiger charge is -2.44. The second kappa shape index (κ2) is 9.38. The second-order valence-electron chi connectivity index (χ2n) is 10.3. The van der Waals surface area contributed by atoms with Gasteiger partial charge in [0.15, 0.2) is 0 Å². The summed E-state index contributed by atoms with van der Waals surface area (Å²) in [4.78, 5) is 27.0. The normalized spacial score (nSPS) is 28.1. The first-order chi connectivity index (χ1) is 15.6. The molecule has 172 valence electrons. The lowest BCUT2D eigenvalue weighted by Crippen LogP contribution is -2.49. The lowest BCUT2D eigenvalue weighted by molar-refractivity contribution is -0.114. The number of ketones is 1. The predicted molar refractivity (Wildman–Crippen MR) is 128 cm³/mol. The summed E-state index contributed by atoms with van der Waals surface area (Å²) in [6.45, 7) is 0. The highest BCUT2D eigenvalue weighted by Crippen LogP contribution is 2.45. The number of amides is 1. The van der Waals surface area contributed by atoms with Gasteiger partial charge in [0, 0.05) is 41.3 Å². The molecule has 3 heterocycles. The Labute approximate surface area is 191 Å². The van der Waals surface area contributed by atoms with E-state index in [-0.39, 0.29) is 0 Å². The monoisotopic (exact) mass is 435 g/mol. The molecule has 0 spiro atoms. The van der Waals surface area contributed by atoms with Gasteiger partial charge >= 0.3 is 0 Å². The second-order valence-corrected chi connectivity index (χ2v) is 10.3. The van der Waals surface area contributed by atoms with Gasteiger partial charge in [-0.2, -0.15) is 0 Å². The summed E-state index contributed by atoms with van der Waals surface area (Å²) < 4.78 is 2.28. The molecule has 2 N–H and O–H groups in total. The van der Waals surface area contributed by atoms with E-state index in [1.165, 1.54) is 70.6 Å². The van der Waals surface area contributed by atoms with Crippen molar-refractivity contribution in [2.45, 2.75) is 108 Å². The molecule has 1 aliphatic carbocycles. The smallest absolute Gasteiger partial charge is 0.289 e. The van der Waals surface area contributed by atoms with Gasteiger partial charge in [0.25, 0.3) is 11.7 Å². The average molecular weight is 436 g/mol. The number of carbonyl (C=O) groups is 2. The molecule has 1 aromatic carbocycles. The maximum atomic E-state index is 12.5. The van der Waals surface area contributed by atoms with E-state index in [2.05, 4.69) is 15.5 Å². The van der Waals surface area contributed by atoms with Crippen molar-refractivity contribution in [2.24, 2.45) is 5.73 Å². The molecule has 2 saturated heterocycles. The van der Waals surface area contributed by atoms with Crippen molar-refractivity contribution in [1.29, 1.82) is 0 Å². The van der Waals surface area contributed by atoms with Crippen LogP contribution in [-0.4, -0.2) is 39.3 Å². The van der Waals surface area contributed by atoms with E-state index in [9.17, 15) is 9.59 Å². The van der Waals surface area contributed by atoms with Crippen LogP contribution in [-0.2, 0) is 4.79 Å². The summed E-state index contributed by atoms with van der Waals surface area (Å²) in [6, 6.07) is 10.4. The predicted octanol–water partition coefficient (Wildman–Crippen LogP) is 5.37. The number of hydrogen-bond acceptors (Lipinski definition) is 3. The number of para-hydroxylation sites is 1. The van der Waals surface area contributed by atoms with Crippen molar-refractivity contribution in [3.63, 3.8) is 0 Å². The fourth-order valence-electron chi connectivity index (χ4n) is 6.91. The molecule has 5 rings (SSSR count). The molecular weight excluding hydrogens is 398 g/mol. The van der Waals surface area contributed by atoms with Crippen LogP contribution >= 0.6 is 0 Å². The number of piperidine rings is 1. The molecule has 2 bridgehead atoms. The Hall–Kier alpha value is -2.14. The van der Waals surface area contributed by atoms with Crippen molar-refractivity contribution < 1.29 is 9.59 Å². The molecular formula is C27H37N3O2. The minimum Gasteiger partial charge on any atom is -0.363 e. The van der Waals surface area contributed by atoms with Gasteiger partial charge in [-0.25, -0.2) is 0 Å². The van der Waals surface area contributed by atoms with Gasteiger partial charge < -0.3 is 10.3 Å². The highest BCUT2D eigenvalue weighted by Gasteiger charge is 2.44. The third kappa shape index (κ3) is 4.12. The molecule has 5 nitrogen and oxygen atoms in total. The zero-order valence-corrected chi connectivity index (χ0v) is 19.2. The Morgan fingerprint density at radius 1 is 0.750 bits per heavy atom. The van der Waals surface area contributed by atoms with E-state index >= 15 is 0 Å². The molecule has 1 saturated carbocycles. The van der Waals surface area contributed by atoms with Crippen LogP contribution < -0.4 is 5.73 Å². The van der Waals surface area contributed by atoms with E-state index in [0.717, 1.165) is 29.8 Å². The minimum atomic E-state index is -0.876. The lowest BCUT2D eigenvalue weighted by atomic mass is 9.90. The van der Waals surface area contributed by atoms with Crippen molar-refractivity contribution in [2.75, 3.05) is 0 Å². The minimum absolute atomic E-state index is 0.377. The Balaban J connectivity index is 1.38. The fourth-order valence-corrected chi connectivity index (χ4v) is 6.91. The molecule has 5 heteroatoms. The van der Waals surface area contributed by atoms with E-state index < -0.39 is 11.7 Å². The summed E-state index contributed by atoms with van der Waals surface area (Å²) in [7, 11) is 0. The van der Waals surface area contributed by atoms with Crippen molar-refractivity contribution >= 4 is 22.6 Å². The van der Waals surface area contributed by atoms with Gasteiger partial charge in [-0.1, -0.05) is 63.1 Å². The highest BCUT2D eigenvalue weighted by molar-refractivity contribution is 6.44. The quantitative estimate of drug-likeness (QED) is 0.518. The van der Waals surface area contributed by atoms with Crippen LogP contribution in [0.4, 0.5) is 0 Å². The van der Waals surface area contributed by atoms with E-state index in [0.29, 0.717) is 23.7 Å². The number of benzene rings is 1. The van der Waals surface area contributed by atoms with E-state index in [1.807, 2.05) is 24.4 Å². The Kier molecular flexibility index (Phi) is 6.36. The van der Waals surface area contributed by atoms with Crippen LogP contribution in [0.25, 0.3) is 10.9 Å². The SMILES string of the molecule is NC(=O)C(=O)c1cn(C2C[C@H]3CC[C@@H](C2)N3C2CCCCCCCCC2)c2ccccc12. The number of hydrogen-bond donors (Lipinski definition) is 1. The maximum absolute atomic E-state index is 12.5. The number of fused-ring (bicyclic) bond motifs is 3. The number of nitrogens with two attached hydrogens (primary N) is 1. The largest absolute Gasteiger partial charge is 0.363 e. The van der Waals surface area contributed by atoms with Gasteiger partial charge in [0.05, 0.1) is 5.56 Å². The fraction of sp³-hybridized carbons (Fsp3) is 0.630. The number of aromatic nitrogens is 1. The summed E-state index contributed by atoms with van der Waals surface area (Å²) in [5.74, 6) is -1.46. The molecule has 0 radical (unpaired) electrons. The number of rotatable bonds is 4. The molecule has 1 unspecified atom stereocenters. The first-order valence-corrected chi connectivity index (χ1v) is 12.8. The number of primary amides is 1. The summed E-state index contributed by atoms with van der Waals surface area (Å²) in [5, 5.41) is 0.846. The third-order valence-corrected chi connectivity index (χ3v) is 8.36. The third-order valence-electron chi connectivity index (χ3n) is 8.36. The van der Waals surface area contributed by atoms with E-state index in [4.69, 9.17) is 5.73 Å². The summed E-state index contributed by atoms with van der Waals surface area (Å²) in [5.41, 5.74) is 6.85. The zero-order valence-electron chi connectivity index (χ0n) is 19.2. The molecule has 2 aliphatic heterocycles. The van der Waals surface area contributed by atoms with Crippen LogP contribution in [0.5, 0.6) is 0 Å². The zero-order chi connectivity index (χ0) is 22.1. The maximum Gasteiger partial charge on any atom is 0.289 e. The standard InChI is InChI=1S/C27H37N3O2/c28-27(32)26(31)24-18-29(25-13-9-8-12-23(24)25)22-16-20-14-15-21(17-22)30(20)19-10-6-4-2-1-3-5-7-11-19/h8-9,12-13,18-22H,1-7,10-11,14-17H2,(H2,28,32)/t20-,21+,22?. The van der Waals surface area contributed by atoms with Gasteiger partial charge in [-0.3, -0.25) is 14.5 Å². The van der Waals surface area contributed by atoms with Crippen LogP contribution in [0.1, 0.15) is 99.9 Å². The van der Waals surface area contributed by atoms with Crippen LogP contribution in [0.2, 0.25) is 0 Å². The summed E-state index contributed by atoms with van der Waals surface area (Å²) in [6.07, 6.45) is 19.3. The van der Waals surface area contributed by atoms with Crippen molar-refractivity contribution in [3.05, 3.63) is 36.0 Å². The van der Waals surface area contributed by atoms with Crippen molar-refractivity contribution in [3.8, 4) is 0 Å². The van der Waals surface area contributed by atoms with Crippen LogP contribution in [0.3, 0.4) is 0 Å². The van der Waals surface area contributed by atoms with Crippen LogP contribution in [0.15, 0.2) is 30.5 Å². The molecule has 1 aromatic heterocycles. The van der Waals surface area contributed by atoms with Gasteiger partial charge in [-0.15, -0.1) is 0 Å².